The highest BCUT2D eigenvalue weighted by Crippen LogP contribution is 2.28. The Morgan fingerprint density at radius 2 is 1.74 bits per heavy atom. The lowest BCUT2D eigenvalue weighted by Crippen LogP contribution is -2.24. The Kier molecular flexibility index (Phi) is 7.72. The quantitative estimate of drug-likeness (QED) is 0.462. The molecular formula is C23H23BrN2O5. The zero-order chi connectivity index (χ0) is 22.2. The number of nitrogens with one attached hydrogen (secondary N) is 2. The van der Waals surface area contributed by atoms with Gasteiger partial charge in [0, 0.05) is 12.2 Å². The van der Waals surface area contributed by atoms with Crippen LogP contribution in [0.3, 0.4) is 0 Å². The Morgan fingerprint density at radius 3 is 2.39 bits per heavy atom. The van der Waals surface area contributed by atoms with Crippen molar-refractivity contribution in [3.8, 4) is 11.5 Å². The summed E-state index contributed by atoms with van der Waals surface area (Å²) in [6.45, 7) is 2.84. The molecule has 2 N–H and O–H groups in total. The number of carbonyl (C=O) groups excluding carboxylic acids is 2. The van der Waals surface area contributed by atoms with E-state index in [1.165, 1.54) is 0 Å². The zero-order valence-electron chi connectivity index (χ0n) is 17.2. The fourth-order valence-electron chi connectivity index (χ4n) is 2.88. The van der Waals surface area contributed by atoms with Crippen molar-refractivity contribution in [2.75, 3.05) is 19.0 Å². The van der Waals surface area contributed by atoms with Gasteiger partial charge in [-0.2, -0.15) is 0 Å². The summed E-state index contributed by atoms with van der Waals surface area (Å²) < 4.78 is 16.6. The van der Waals surface area contributed by atoms with E-state index in [0.29, 0.717) is 35.0 Å². The van der Waals surface area contributed by atoms with Crippen LogP contribution in [0.1, 0.15) is 28.6 Å². The smallest absolute Gasteiger partial charge is 0.291 e. The van der Waals surface area contributed by atoms with Crippen molar-refractivity contribution in [2.24, 2.45) is 0 Å². The van der Waals surface area contributed by atoms with Crippen LogP contribution in [0.15, 0.2) is 63.7 Å². The maximum Gasteiger partial charge on any atom is 0.291 e. The van der Waals surface area contributed by atoms with Crippen molar-refractivity contribution in [3.05, 3.63) is 76.2 Å². The third kappa shape index (κ3) is 6.36. The molecule has 1 aromatic heterocycles. The average molecular weight is 487 g/mol. The van der Waals surface area contributed by atoms with Crippen LogP contribution in [0, 0.1) is 0 Å². The first-order chi connectivity index (χ1) is 15.0. The monoisotopic (exact) mass is 486 g/mol. The number of hydrogen-bond donors (Lipinski definition) is 2. The lowest BCUT2D eigenvalue weighted by Gasteiger charge is -2.11. The van der Waals surface area contributed by atoms with E-state index in [4.69, 9.17) is 13.9 Å². The van der Waals surface area contributed by atoms with Crippen LogP contribution in [0.25, 0.3) is 0 Å². The maximum atomic E-state index is 12.3. The highest BCUT2D eigenvalue weighted by molar-refractivity contribution is 9.10. The van der Waals surface area contributed by atoms with Crippen LogP contribution in [-0.4, -0.2) is 25.5 Å². The minimum Gasteiger partial charge on any atom is -0.493 e. The molecule has 0 saturated heterocycles. The molecule has 8 heteroatoms. The molecule has 7 nitrogen and oxygen atoms in total. The van der Waals surface area contributed by atoms with Gasteiger partial charge in [-0.25, -0.2) is 0 Å². The van der Waals surface area contributed by atoms with Crippen LogP contribution >= 0.6 is 15.9 Å². The van der Waals surface area contributed by atoms with E-state index in [0.717, 1.165) is 11.1 Å². The molecule has 0 spiro atoms. The molecule has 0 aliphatic rings. The number of rotatable bonds is 9. The van der Waals surface area contributed by atoms with Crippen LogP contribution in [0.4, 0.5) is 5.69 Å². The lowest BCUT2D eigenvalue weighted by atomic mass is 10.1. The first-order valence-corrected chi connectivity index (χ1v) is 10.5. The molecule has 0 aliphatic carbocycles. The summed E-state index contributed by atoms with van der Waals surface area (Å²) in [4.78, 5) is 24.4. The van der Waals surface area contributed by atoms with E-state index in [-0.39, 0.29) is 24.0 Å². The summed E-state index contributed by atoms with van der Waals surface area (Å²) in [6, 6.07) is 15.9. The number of benzene rings is 2. The standard InChI is InChI=1S/C23H23BrN2O5/c1-3-30-18-9-6-16(12-20(18)29-2)14-25-22(27)13-15-4-7-17(8-5-15)26-23(28)19-10-11-21(24)31-19/h4-12H,3,13-14H2,1-2H3,(H,25,27)(H,26,28). The SMILES string of the molecule is CCOc1ccc(CNC(=O)Cc2ccc(NC(=O)c3ccc(Br)o3)cc2)cc1OC. The van der Waals surface area contributed by atoms with Crippen molar-refractivity contribution >= 4 is 33.4 Å². The van der Waals surface area contributed by atoms with Gasteiger partial charge in [-0.15, -0.1) is 0 Å². The third-order valence-corrected chi connectivity index (χ3v) is 4.82. The second-order valence-corrected chi connectivity index (χ2v) is 7.41. The van der Waals surface area contributed by atoms with E-state index in [2.05, 4.69) is 26.6 Å². The predicted octanol–water partition coefficient (Wildman–Crippen LogP) is 4.56. The van der Waals surface area contributed by atoms with Crippen LogP contribution < -0.4 is 20.1 Å². The molecule has 2 aromatic carbocycles. The molecule has 0 unspecified atom stereocenters. The van der Waals surface area contributed by atoms with Gasteiger partial charge in [0.05, 0.1) is 20.1 Å². The minimum absolute atomic E-state index is 0.106. The number of anilines is 1. The molecule has 0 radical (unpaired) electrons. The van der Waals surface area contributed by atoms with Crippen LogP contribution in [0.5, 0.6) is 11.5 Å². The Morgan fingerprint density at radius 1 is 1.00 bits per heavy atom. The average Bonchev–Trinajstić information content (AvgIpc) is 3.21. The normalized spacial score (nSPS) is 10.4. The molecule has 1 heterocycles. The lowest BCUT2D eigenvalue weighted by molar-refractivity contribution is -0.120. The highest BCUT2D eigenvalue weighted by atomic mass is 79.9. The van der Waals surface area contributed by atoms with Gasteiger partial charge in [-0.3, -0.25) is 9.59 Å². The number of methoxy groups -OCH3 is 1. The van der Waals surface area contributed by atoms with E-state index >= 15 is 0 Å². The van der Waals surface area contributed by atoms with Crippen molar-refractivity contribution in [2.45, 2.75) is 19.9 Å². The Hall–Kier alpha value is -3.26. The maximum absolute atomic E-state index is 12.3. The van der Waals surface area contributed by atoms with Crippen molar-refractivity contribution in [1.82, 2.24) is 5.32 Å². The van der Waals surface area contributed by atoms with Crippen LogP contribution in [-0.2, 0) is 17.8 Å². The molecule has 3 rings (SSSR count). The molecular weight excluding hydrogens is 464 g/mol. The first kappa shape index (κ1) is 22.4. The van der Waals surface area contributed by atoms with Gasteiger partial charge in [0.15, 0.2) is 21.9 Å². The third-order valence-electron chi connectivity index (χ3n) is 4.39. The summed E-state index contributed by atoms with van der Waals surface area (Å²) in [7, 11) is 1.58. The van der Waals surface area contributed by atoms with E-state index < -0.39 is 0 Å². The minimum atomic E-state index is -0.345. The van der Waals surface area contributed by atoms with Gasteiger partial charge in [0.1, 0.15) is 0 Å². The molecule has 162 valence electrons. The molecule has 0 aliphatic heterocycles. The van der Waals surface area contributed by atoms with Gasteiger partial charge in [0.2, 0.25) is 5.91 Å². The van der Waals surface area contributed by atoms with Crippen molar-refractivity contribution in [1.29, 1.82) is 0 Å². The molecule has 0 saturated carbocycles. The number of hydrogen-bond acceptors (Lipinski definition) is 5. The van der Waals surface area contributed by atoms with Gasteiger partial charge < -0.3 is 24.5 Å². The molecule has 0 atom stereocenters. The fraction of sp³-hybridized carbons (Fsp3) is 0.217. The summed E-state index contributed by atoms with van der Waals surface area (Å²) in [5.41, 5.74) is 2.36. The van der Waals surface area contributed by atoms with Crippen molar-refractivity contribution < 1.29 is 23.5 Å². The summed E-state index contributed by atoms with van der Waals surface area (Å²) in [6.07, 6.45) is 0.230. The van der Waals surface area contributed by atoms with Gasteiger partial charge >= 0.3 is 0 Å². The molecule has 0 fully saturated rings. The largest absolute Gasteiger partial charge is 0.493 e. The number of furan rings is 1. The predicted molar refractivity (Wildman–Crippen MR) is 121 cm³/mol. The van der Waals surface area contributed by atoms with Gasteiger partial charge in [0.25, 0.3) is 5.91 Å². The van der Waals surface area contributed by atoms with E-state index in [1.54, 1.807) is 43.5 Å². The fourth-order valence-corrected chi connectivity index (χ4v) is 3.19. The summed E-state index contributed by atoms with van der Waals surface area (Å²) in [5, 5.41) is 5.65. The Labute approximate surface area is 188 Å². The Balaban J connectivity index is 1.51. The summed E-state index contributed by atoms with van der Waals surface area (Å²) in [5.74, 6) is 1.06. The number of halogens is 1. The number of ether oxygens (including phenoxy) is 2. The highest BCUT2D eigenvalue weighted by Gasteiger charge is 2.11. The van der Waals surface area contributed by atoms with Gasteiger partial charge in [-0.05, 0) is 70.4 Å². The zero-order valence-corrected chi connectivity index (χ0v) is 18.8. The van der Waals surface area contributed by atoms with Gasteiger partial charge in [-0.1, -0.05) is 18.2 Å². The second-order valence-electron chi connectivity index (χ2n) is 6.63. The molecule has 31 heavy (non-hydrogen) atoms. The first-order valence-electron chi connectivity index (χ1n) is 9.70. The van der Waals surface area contributed by atoms with E-state index in [1.807, 2.05) is 25.1 Å². The molecule has 0 bridgehead atoms. The van der Waals surface area contributed by atoms with Crippen molar-refractivity contribution in [3.63, 3.8) is 0 Å². The van der Waals surface area contributed by atoms with Crippen LogP contribution in [0.2, 0.25) is 0 Å². The summed E-state index contributed by atoms with van der Waals surface area (Å²) >= 11 is 3.17. The Bertz CT molecular complexity index is 1050. The van der Waals surface area contributed by atoms with E-state index in [9.17, 15) is 9.59 Å². The topological polar surface area (TPSA) is 89.8 Å². The number of amides is 2. The second kappa shape index (κ2) is 10.7. The number of carbonyl (C=O) groups is 2. The molecule has 3 aromatic rings. The molecule has 2 amide bonds.